The van der Waals surface area contributed by atoms with Gasteiger partial charge >= 0.3 is 0 Å². The Morgan fingerprint density at radius 3 is 2.40 bits per heavy atom. The van der Waals surface area contributed by atoms with Crippen LogP contribution in [0.25, 0.3) is 10.9 Å². The number of nitrogens with one attached hydrogen (secondary N) is 1. The summed E-state index contributed by atoms with van der Waals surface area (Å²) in [5.74, 6) is -1.10. The SMILES string of the molecule is Fc1cccc(F)c1CNc1cccc2cccnc12. The zero-order valence-electron chi connectivity index (χ0n) is 10.6. The summed E-state index contributed by atoms with van der Waals surface area (Å²) in [5.41, 5.74) is 1.57. The van der Waals surface area contributed by atoms with E-state index in [1.54, 1.807) is 6.20 Å². The fourth-order valence-electron chi connectivity index (χ4n) is 2.13. The standard InChI is InChI=1S/C16H12F2N2/c17-13-6-2-7-14(18)12(13)10-20-15-8-1-4-11-5-3-9-19-16(11)15/h1-9,20H,10H2. The molecule has 1 aromatic heterocycles. The monoisotopic (exact) mass is 270 g/mol. The molecular formula is C16H12F2N2. The second kappa shape index (κ2) is 5.25. The van der Waals surface area contributed by atoms with Gasteiger partial charge in [-0.15, -0.1) is 0 Å². The van der Waals surface area contributed by atoms with Crippen LogP contribution in [0.4, 0.5) is 14.5 Å². The van der Waals surface area contributed by atoms with Crippen molar-refractivity contribution in [2.75, 3.05) is 5.32 Å². The Balaban J connectivity index is 1.91. The highest BCUT2D eigenvalue weighted by molar-refractivity contribution is 5.90. The molecule has 0 spiro atoms. The van der Waals surface area contributed by atoms with Gasteiger partial charge in [0.15, 0.2) is 0 Å². The number of aromatic nitrogens is 1. The van der Waals surface area contributed by atoms with E-state index in [9.17, 15) is 8.78 Å². The number of nitrogens with zero attached hydrogens (tertiary/aromatic N) is 1. The molecule has 0 aliphatic heterocycles. The summed E-state index contributed by atoms with van der Waals surface area (Å²) < 4.78 is 27.1. The van der Waals surface area contributed by atoms with E-state index in [1.807, 2.05) is 30.3 Å². The Labute approximate surface area is 115 Å². The molecule has 20 heavy (non-hydrogen) atoms. The van der Waals surface area contributed by atoms with Crippen molar-refractivity contribution in [3.8, 4) is 0 Å². The molecule has 0 aliphatic carbocycles. The van der Waals surface area contributed by atoms with Crippen molar-refractivity contribution in [2.24, 2.45) is 0 Å². The molecule has 0 unspecified atom stereocenters. The van der Waals surface area contributed by atoms with Crippen LogP contribution in [0, 0.1) is 11.6 Å². The second-order valence-electron chi connectivity index (χ2n) is 4.43. The van der Waals surface area contributed by atoms with E-state index in [0.29, 0.717) is 0 Å². The van der Waals surface area contributed by atoms with Crippen LogP contribution >= 0.6 is 0 Å². The molecule has 3 aromatic rings. The number of anilines is 1. The van der Waals surface area contributed by atoms with Crippen molar-refractivity contribution in [1.29, 1.82) is 0 Å². The number of hydrogen-bond donors (Lipinski definition) is 1. The Morgan fingerprint density at radius 2 is 1.60 bits per heavy atom. The highest BCUT2D eigenvalue weighted by Crippen LogP contribution is 2.22. The number of benzene rings is 2. The van der Waals surface area contributed by atoms with Crippen LogP contribution in [0.3, 0.4) is 0 Å². The predicted octanol–water partition coefficient (Wildman–Crippen LogP) is 4.13. The number of rotatable bonds is 3. The van der Waals surface area contributed by atoms with E-state index in [-0.39, 0.29) is 12.1 Å². The zero-order valence-corrected chi connectivity index (χ0v) is 10.6. The average molecular weight is 270 g/mol. The van der Waals surface area contributed by atoms with Gasteiger partial charge in [0.25, 0.3) is 0 Å². The Kier molecular flexibility index (Phi) is 3.29. The zero-order chi connectivity index (χ0) is 13.9. The lowest BCUT2D eigenvalue weighted by molar-refractivity contribution is 0.560. The maximum absolute atomic E-state index is 13.6. The highest BCUT2D eigenvalue weighted by atomic mass is 19.1. The van der Waals surface area contributed by atoms with Crippen molar-refractivity contribution in [3.63, 3.8) is 0 Å². The molecule has 0 saturated heterocycles. The number of para-hydroxylation sites is 1. The van der Waals surface area contributed by atoms with Gasteiger partial charge in [-0.3, -0.25) is 4.98 Å². The van der Waals surface area contributed by atoms with E-state index < -0.39 is 11.6 Å². The molecule has 0 fully saturated rings. The first-order chi connectivity index (χ1) is 9.75. The van der Waals surface area contributed by atoms with E-state index in [2.05, 4.69) is 10.3 Å². The van der Waals surface area contributed by atoms with Gasteiger partial charge in [-0.2, -0.15) is 0 Å². The molecule has 0 aliphatic rings. The van der Waals surface area contributed by atoms with E-state index in [1.165, 1.54) is 18.2 Å². The molecular weight excluding hydrogens is 258 g/mol. The van der Waals surface area contributed by atoms with Gasteiger partial charge in [0, 0.05) is 23.7 Å². The first kappa shape index (κ1) is 12.5. The lowest BCUT2D eigenvalue weighted by Gasteiger charge is -2.10. The molecule has 0 atom stereocenters. The van der Waals surface area contributed by atoms with Crippen molar-refractivity contribution in [2.45, 2.75) is 6.54 Å². The fraction of sp³-hybridized carbons (Fsp3) is 0.0625. The first-order valence-corrected chi connectivity index (χ1v) is 6.26. The van der Waals surface area contributed by atoms with E-state index in [0.717, 1.165) is 16.6 Å². The van der Waals surface area contributed by atoms with Crippen LogP contribution in [0.15, 0.2) is 54.7 Å². The van der Waals surface area contributed by atoms with Gasteiger partial charge in [-0.05, 0) is 24.3 Å². The summed E-state index contributed by atoms with van der Waals surface area (Å²) >= 11 is 0. The van der Waals surface area contributed by atoms with Crippen molar-refractivity contribution in [1.82, 2.24) is 4.98 Å². The van der Waals surface area contributed by atoms with Crippen LogP contribution in [0.1, 0.15) is 5.56 Å². The summed E-state index contributed by atoms with van der Waals surface area (Å²) in [5, 5.41) is 4.02. The third-order valence-corrected chi connectivity index (χ3v) is 3.15. The van der Waals surface area contributed by atoms with Crippen LogP contribution in [0.2, 0.25) is 0 Å². The van der Waals surface area contributed by atoms with Crippen LogP contribution in [-0.4, -0.2) is 4.98 Å². The quantitative estimate of drug-likeness (QED) is 0.774. The number of halogens is 2. The van der Waals surface area contributed by atoms with Gasteiger partial charge in [-0.1, -0.05) is 24.3 Å². The molecule has 0 amide bonds. The average Bonchev–Trinajstić information content (AvgIpc) is 2.47. The molecule has 3 rings (SSSR count). The largest absolute Gasteiger partial charge is 0.379 e. The summed E-state index contributed by atoms with van der Waals surface area (Å²) in [7, 11) is 0. The molecule has 1 heterocycles. The maximum atomic E-state index is 13.6. The van der Waals surface area contributed by atoms with Gasteiger partial charge in [0.2, 0.25) is 0 Å². The minimum Gasteiger partial charge on any atom is -0.379 e. The normalized spacial score (nSPS) is 10.7. The second-order valence-corrected chi connectivity index (χ2v) is 4.43. The fourth-order valence-corrected chi connectivity index (χ4v) is 2.13. The van der Waals surface area contributed by atoms with Crippen molar-refractivity contribution < 1.29 is 8.78 Å². The summed E-state index contributed by atoms with van der Waals surface area (Å²) in [6, 6.07) is 13.3. The molecule has 1 N–H and O–H groups in total. The summed E-state index contributed by atoms with van der Waals surface area (Å²) in [4.78, 5) is 4.29. The summed E-state index contributed by atoms with van der Waals surface area (Å²) in [6.45, 7) is 0.0776. The third-order valence-electron chi connectivity index (χ3n) is 3.15. The predicted molar refractivity (Wildman–Crippen MR) is 75.4 cm³/mol. The molecule has 2 aromatic carbocycles. The Bertz CT molecular complexity index is 731. The van der Waals surface area contributed by atoms with E-state index >= 15 is 0 Å². The molecule has 100 valence electrons. The highest BCUT2D eigenvalue weighted by Gasteiger charge is 2.09. The summed E-state index contributed by atoms with van der Waals surface area (Å²) in [6.07, 6.45) is 1.69. The lowest BCUT2D eigenvalue weighted by atomic mass is 10.1. The topological polar surface area (TPSA) is 24.9 Å². The Morgan fingerprint density at radius 1 is 0.900 bits per heavy atom. The molecule has 4 heteroatoms. The van der Waals surface area contributed by atoms with Gasteiger partial charge in [0.1, 0.15) is 11.6 Å². The van der Waals surface area contributed by atoms with Gasteiger partial charge in [0.05, 0.1) is 11.2 Å². The van der Waals surface area contributed by atoms with E-state index in [4.69, 9.17) is 0 Å². The smallest absolute Gasteiger partial charge is 0.131 e. The molecule has 2 nitrogen and oxygen atoms in total. The number of pyridine rings is 1. The van der Waals surface area contributed by atoms with Crippen molar-refractivity contribution >= 4 is 16.6 Å². The molecule has 0 bridgehead atoms. The van der Waals surface area contributed by atoms with Gasteiger partial charge < -0.3 is 5.32 Å². The maximum Gasteiger partial charge on any atom is 0.131 e. The molecule has 0 radical (unpaired) electrons. The minimum absolute atomic E-state index is 0.0282. The number of fused-ring (bicyclic) bond motifs is 1. The lowest BCUT2D eigenvalue weighted by Crippen LogP contribution is -2.05. The number of hydrogen-bond acceptors (Lipinski definition) is 2. The third kappa shape index (κ3) is 2.32. The molecule has 0 saturated carbocycles. The van der Waals surface area contributed by atoms with Crippen LogP contribution in [-0.2, 0) is 6.54 Å². The Hall–Kier alpha value is -2.49. The minimum atomic E-state index is -0.550. The first-order valence-electron chi connectivity index (χ1n) is 6.26. The van der Waals surface area contributed by atoms with Gasteiger partial charge in [-0.25, -0.2) is 8.78 Å². The van der Waals surface area contributed by atoms with Crippen LogP contribution < -0.4 is 5.32 Å². The van der Waals surface area contributed by atoms with Crippen LogP contribution in [0.5, 0.6) is 0 Å². The van der Waals surface area contributed by atoms with Crippen molar-refractivity contribution in [3.05, 3.63) is 71.9 Å².